The molecule has 0 heterocycles. The van der Waals surface area contributed by atoms with Crippen molar-refractivity contribution in [3.05, 3.63) is 38.9 Å². The lowest BCUT2D eigenvalue weighted by molar-refractivity contribution is -0.384. The van der Waals surface area contributed by atoms with Crippen molar-refractivity contribution < 1.29 is 4.92 Å². The molecule has 0 radical (unpaired) electrons. The molecule has 3 N–H and O–H groups in total. The molecule has 0 bridgehead atoms. The van der Waals surface area contributed by atoms with Gasteiger partial charge in [0.1, 0.15) is 0 Å². The summed E-state index contributed by atoms with van der Waals surface area (Å²) >= 11 is 5.97. The van der Waals surface area contributed by atoms with E-state index in [2.05, 4.69) is 10.3 Å². The van der Waals surface area contributed by atoms with Gasteiger partial charge in [-0.05, 0) is 30.9 Å². The van der Waals surface area contributed by atoms with Crippen molar-refractivity contribution in [3.63, 3.8) is 0 Å². The summed E-state index contributed by atoms with van der Waals surface area (Å²) in [5.41, 5.74) is 6.43. The average Bonchev–Trinajstić information content (AvgIpc) is 2.32. The third-order valence-electron chi connectivity index (χ3n) is 3.12. The number of halogens is 1. The van der Waals surface area contributed by atoms with E-state index in [-0.39, 0.29) is 5.69 Å². The van der Waals surface area contributed by atoms with Gasteiger partial charge in [0.25, 0.3) is 5.69 Å². The van der Waals surface area contributed by atoms with Gasteiger partial charge in [0.2, 0.25) is 0 Å². The number of nitrogens with one attached hydrogen (secondary N) is 1. The Hall–Kier alpha value is -1.82. The van der Waals surface area contributed by atoms with Gasteiger partial charge in [-0.15, -0.1) is 0 Å². The maximum Gasteiger partial charge on any atom is 0.270 e. The van der Waals surface area contributed by atoms with Gasteiger partial charge in [-0.3, -0.25) is 10.1 Å². The number of nitrogens with zero attached hydrogens (tertiary/aromatic N) is 2. The fourth-order valence-corrected chi connectivity index (χ4v) is 1.99. The molecule has 1 aliphatic carbocycles. The van der Waals surface area contributed by atoms with Crippen LogP contribution in [-0.4, -0.2) is 16.9 Å². The molecule has 1 aromatic rings. The molecule has 2 rings (SSSR count). The number of nitro benzene ring substituents is 1. The quantitative estimate of drug-likeness (QED) is 0.383. The molecule has 0 atom stereocenters. The van der Waals surface area contributed by atoms with E-state index in [1.165, 1.54) is 18.6 Å². The molecule has 0 aliphatic heterocycles. The fraction of sp³-hybridized carbons (Fsp3) is 0.417. The predicted molar refractivity (Wildman–Crippen MR) is 74.2 cm³/mol. The summed E-state index contributed by atoms with van der Waals surface area (Å²) in [4.78, 5) is 14.3. The summed E-state index contributed by atoms with van der Waals surface area (Å²) < 4.78 is 0. The van der Waals surface area contributed by atoms with Crippen LogP contribution in [0.5, 0.6) is 0 Å². The van der Waals surface area contributed by atoms with Gasteiger partial charge >= 0.3 is 0 Å². The first-order valence-corrected chi connectivity index (χ1v) is 6.43. The van der Waals surface area contributed by atoms with Gasteiger partial charge in [-0.2, -0.15) is 0 Å². The normalized spacial score (nSPS) is 15.9. The van der Waals surface area contributed by atoms with E-state index in [1.54, 1.807) is 6.07 Å². The second-order valence-corrected chi connectivity index (χ2v) is 4.91. The minimum absolute atomic E-state index is 0.0294. The van der Waals surface area contributed by atoms with Crippen LogP contribution < -0.4 is 11.1 Å². The summed E-state index contributed by atoms with van der Waals surface area (Å²) in [6.45, 7) is 0.308. The van der Waals surface area contributed by atoms with Gasteiger partial charge in [-0.1, -0.05) is 11.6 Å². The molecule has 0 amide bonds. The summed E-state index contributed by atoms with van der Waals surface area (Å²) in [5, 5.41) is 14.0. The van der Waals surface area contributed by atoms with Crippen LogP contribution in [0.25, 0.3) is 0 Å². The third-order valence-corrected chi connectivity index (χ3v) is 3.48. The topological polar surface area (TPSA) is 93.5 Å². The van der Waals surface area contributed by atoms with Crippen molar-refractivity contribution in [1.82, 2.24) is 5.32 Å². The zero-order valence-corrected chi connectivity index (χ0v) is 11.1. The van der Waals surface area contributed by atoms with Crippen molar-refractivity contribution >= 4 is 23.2 Å². The van der Waals surface area contributed by atoms with Gasteiger partial charge in [0.15, 0.2) is 5.96 Å². The maximum atomic E-state index is 10.6. The molecule has 0 saturated heterocycles. The van der Waals surface area contributed by atoms with E-state index < -0.39 is 4.92 Å². The zero-order chi connectivity index (χ0) is 13.8. The lowest BCUT2D eigenvalue weighted by atomic mass is 9.93. The van der Waals surface area contributed by atoms with Crippen molar-refractivity contribution in [2.24, 2.45) is 10.7 Å². The lowest BCUT2D eigenvalue weighted by Crippen LogP contribution is -2.43. The van der Waals surface area contributed by atoms with Crippen LogP contribution in [0, 0.1) is 10.1 Å². The summed E-state index contributed by atoms with van der Waals surface area (Å²) in [6, 6.07) is 4.76. The van der Waals surface area contributed by atoms with Gasteiger partial charge < -0.3 is 11.1 Å². The number of hydrogen-bond acceptors (Lipinski definition) is 3. The van der Waals surface area contributed by atoms with Crippen molar-refractivity contribution in [2.45, 2.75) is 31.8 Å². The molecule has 19 heavy (non-hydrogen) atoms. The van der Waals surface area contributed by atoms with E-state index in [1.807, 2.05) is 0 Å². The number of guanidine groups is 1. The molecule has 1 aliphatic rings. The molecular weight excluding hydrogens is 268 g/mol. The Bertz CT molecular complexity index is 514. The predicted octanol–water partition coefficient (Wildman–Crippen LogP) is 2.21. The van der Waals surface area contributed by atoms with Crippen LogP contribution in [0.2, 0.25) is 5.02 Å². The molecule has 0 spiro atoms. The standard InChI is InChI=1S/C12H15ClN4O2/c13-11-6-10(17(18)19)5-4-8(11)7-15-12(14)16-9-2-1-3-9/h4-6,9H,1-3,7H2,(H3,14,15,16). The number of hydrogen-bond donors (Lipinski definition) is 2. The van der Waals surface area contributed by atoms with Crippen molar-refractivity contribution in [2.75, 3.05) is 0 Å². The highest BCUT2D eigenvalue weighted by molar-refractivity contribution is 6.31. The third kappa shape index (κ3) is 3.57. The molecule has 0 aromatic heterocycles. The molecule has 1 aromatic carbocycles. The van der Waals surface area contributed by atoms with E-state index in [0.717, 1.165) is 12.8 Å². The van der Waals surface area contributed by atoms with Crippen molar-refractivity contribution in [1.29, 1.82) is 0 Å². The van der Waals surface area contributed by atoms with E-state index in [0.29, 0.717) is 29.1 Å². The number of non-ortho nitro benzene ring substituents is 1. The van der Waals surface area contributed by atoms with Gasteiger partial charge in [0, 0.05) is 18.2 Å². The summed E-state index contributed by atoms with van der Waals surface area (Å²) in [7, 11) is 0. The molecule has 7 heteroatoms. The first kappa shape index (κ1) is 13.6. The van der Waals surface area contributed by atoms with Crippen LogP contribution in [0.1, 0.15) is 24.8 Å². The first-order valence-electron chi connectivity index (χ1n) is 6.05. The van der Waals surface area contributed by atoms with E-state index >= 15 is 0 Å². The van der Waals surface area contributed by atoms with E-state index in [4.69, 9.17) is 17.3 Å². The Labute approximate surface area is 115 Å². The molecule has 0 unspecified atom stereocenters. The largest absolute Gasteiger partial charge is 0.370 e. The number of aliphatic imine (C=N–C) groups is 1. The molecule has 1 saturated carbocycles. The highest BCUT2D eigenvalue weighted by Crippen LogP contribution is 2.23. The smallest absolute Gasteiger partial charge is 0.270 e. The molecule has 6 nitrogen and oxygen atoms in total. The fourth-order valence-electron chi connectivity index (χ4n) is 1.76. The monoisotopic (exact) mass is 282 g/mol. The molecule has 1 fully saturated rings. The highest BCUT2D eigenvalue weighted by atomic mass is 35.5. The average molecular weight is 283 g/mol. The minimum Gasteiger partial charge on any atom is -0.370 e. The summed E-state index contributed by atoms with van der Waals surface area (Å²) in [6.07, 6.45) is 3.46. The number of nitro groups is 1. The second kappa shape index (κ2) is 5.88. The Balaban J connectivity index is 1.98. The maximum absolute atomic E-state index is 10.6. The SMILES string of the molecule is NC(=NCc1ccc([N+](=O)[O-])cc1Cl)NC1CCC1. The Morgan fingerprint density at radius 3 is 2.84 bits per heavy atom. The first-order chi connectivity index (χ1) is 9.06. The van der Waals surface area contributed by atoms with Gasteiger partial charge in [0.05, 0.1) is 16.5 Å². The van der Waals surface area contributed by atoms with Crippen LogP contribution in [0.4, 0.5) is 5.69 Å². The second-order valence-electron chi connectivity index (χ2n) is 4.51. The minimum atomic E-state index is -0.481. The number of rotatable bonds is 4. The van der Waals surface area contributed by atoms with Crippen LogP contribution in [0.3, 0.4) is 0 Å². The highest BCUT2D eigenvalue weighted by Gasteiger charge is 2.17. The molecular formula is C12H15ClN4O2. The van der Waals surface area contributed by atoms with Crippen LogP contribution >= 0.6 is 11.6 Å². The summed E-state index contributed by atoms with van der Waals surface area (Å²) in [5.74, 6) is 0.388. The van der Waals surface area contributed by atoms with E-state index in [9.17, 15) is 10.1 Å². The van der Waals surface area contributed by atoms with Crippen molar-refractivity contribution in [3.8, 4) is 0 Å². The number of nitrogens with two attached hydrogens (primary N) is 1. The van der Waals surface area contributed by atoms with Gasteiger partial charge in [-0.25, -0.2) is 4.99 Å². The Kier molecular flexibility index (Phi) is 4.21. The van der Waals surface area contributed by atoms with Crippen LogP contribution in [-0.2, 0) is 6.54 Å². The Morgan fingerprint density at radius 2 is 2.32 bits per heavy atom. The molecule has 102 valence electrons. The zero-order valence-electron chi connectivity index (χ0n) is 10.3. The number of benzene rings is 1. The Morgan fingerprint density at radius 1 is 1.58 bits per heavy atom. The lowest BCUT2D eigenvalue weighted by Gasteiger charge is -2.26. The van der Waals surface area contributed by atoms with Crippen LogP contribution in [0.15, 0.2) is 23.2 Å².